The summed E-state index contributed by atoms with van der Waals surface area (Å²) in [5.41, 5.74) is 0. The molecular weight excluding hydrogens is 258 g/mol. The quantitative estimate of drug-likeness (QED) is 0.759. The summed E-state index contributed by atoms with van der Waals surface area (Å²) in [6.45, 7) is 9.11. The predicted molar refractivity (Wildman–Crippen MR) is 74.7 cm³/mol. The molecule has 1 aromatic heterocycles. The molecule has 0 spiro atoms. The number of amides is 2. The first-order chi connectivity index (χ1) is 9.72. The Morgan fingerprint density at radius 3 is 2.55 bits per heavy atom. The average Bonchev–Trinajstić information content (AvgIpc) is 3.06. The molecule has 0 radical (unpaired) electrons. The van der Waals surface area contributed by atoms with E-state index in [1.807, 2.05) is 11.8 Å². The summed E-state index contributed by atoms with van der Waals surface area (Å²) < 4.78 is 0. The van der Waals surface area contributed by atoms with Gasteiger partial charge in [-0.05, 0) is 6.92 Å². The maximum Gasteiger partial charge on any atom is 0.317 e. The van der Waals surface area contributed by atoms with E-state index >= 15 is 0 Å². The lowest BCUT2D eigenvalue weighted by atomic mass is 10.3. The first-order valence-corrected chi connectivity index (χ1v) is 7.11. The van der Waals surface area contributed by atoms with Crippen LogP contribution in [0.2, 0.25) is 0 Å². The molecule has 3 heterocycles. The number of H-pyrrole nitrogens is 1. The van der Waals surface area contributed by atoms with Crippen LogP contribution >= 0.6 is 0 Å². The van der Waals surface area contributed by atoms with Crippen LogP contribution in [0.25, 0.3) is 0 Å². The van der Waals surface area contributed by atoms with Crippen LogP contribution in [0.5, 0.6) is 0 Å². The highest BCUT2D eigenvalue weighted by atomic mass is 16.2. The van der Waals surface area contributed by atoms with Crippen LogP contribution < -0.4 is 10.2 Å². The van der Waals surface area contributed by atoms with Crippen LogP contribution in [-0.2, 0) is 0 Å². The van der Waals surface area contributed by atoms with Crippen LogP contribution in [0.3, 0.4) is 0 Å². The van der Waals surface area contributed by atoms with Crippen molar-refractivity contribution < 1.29 is 4.79 Å². The predicted octanol–water partition coefficient (Wildman–Crippen LogP) is -0.740. The van der Waals surface area contributed by atoms with Gasteiger partial charge in [-0.25, -0.2) is 4.79 Å². The van der Waals surface area contributed by atoms with Crippen molar-refractivity contribution >= 4 is 12.0 Å². The number of piperazine rings is 1. The van der Waals surface area contributed by atoms with Gasteiger partial charge in [-0.1, -0.05) is 0 Å². The van der Waals surface area contributed by atoms with Crippen LogP contribution in [0.15, 0.2) is 0 Å². The average molecular weight is 279 g/mol. The molecule has 2 aliphatic heterocycles. The first-order valence-electron chi connectivity index (χ1n) is 7.11. The summed E-state index contributed by atoms with van der Waals surface area (Å²) in [6.07, 6.45) is 0. The second kappa shape index (κ2) is 5.66. The molecule has 2 N–H and O–H groups in total. The monoisotopic (exact) mass is 279 g/mol. The number of carbonyl (C=O) groups excluding carboxylic acids is 1. The van der Waals surface area contributed by atoms with E-state index in [1.54, 1.807) is 0 Å². The van der Waals surface area contributed by atoms with E-state index in [0.29, 0.717) is 0 Å². The zero-order chi connectivity index (χ0) is 13.9. The third kappa shape index (κ3) is 2.84. The van der Waals surface area contributed by atoms with Crippen molar-refractivity contribution in [3.63, 3.8) is 0 Å². The highest BCUT2D eigenvalue weighted by molar-refractivity contribution is 5.76. The summed E-state index contributed by atoms with van der Waals surface area (Å²) in [6, 6.07) is 0.0693. The fourth-order valence-electron chi connectivity index (χ4n) is 2.63. The van der Waals surface area contributed by atoms with Crippen LogP contribution in [0, 0.1) is 6.92 Å². The maximum absolute atomic E-state index is 11.5. The molecule has 8 nitrogen and oxygen atoms in total. The molecule has 0 bridgehead atoms. The van der Waals surface area contributed by atoms with Crippen LogP contribution in [-0.4, -0.2) is 83.4 Å². The summed E-state index contributed by atoms with van der Waals surface area (Å²) in [7, 11) is 0. The lowest BCUT2D eigenvalue weighted by Crippen LogP contribution is -2.49. The first kappa shape index (κ1) is 13.2. The van der Waals surface area contributed by atoms with Gasteiger partial charge in [0.1, 0.15) is 5.82 Å². The molecule has 1 aromatic rings. The van der Waals surface area contributed by atoms with Gasteiger partial charge in [-0.3, -0.25) is 10.00 Å². The van der Waals surface area contributed by atoms with E-state index in [1.165, 1.54) is 0 Å². The Morgan fingerprint density at radius 2 is 1.95 bits per heavy atom. The highest BCUT2D eigenvalue weighted by Gasteiger charge is 2.23. The number of hydrogen-bond acceptors (Lipinski definition) is 5. The van der Waals surface area contributed by atoms with Crippen molar-refractivity contribution in [1.29, 1.82) is 0 Å². The summed E-state index contributed by atoms with van der Waals surface area (Å²) in [4.78, 5) is 22.3. The van der Waals surface area contributed by atoms with Gasteiger partial charge in [-0.2, -0.15) is 4.98 Å². The highest BCUT2D eigenvalue weighted by Crippen LogP contribution is 2.10. The van der Waals surface area contributed by atoms with Gasteiger partial charge >= 0.3 is 6.03 Å². The zero-order valence-electron chi connectivity index (χ0n) is 11.8. The van der Waals surface area contributed by atoms with Gasteiger partial charge in [0.2, 0.25) is 5.95 Å². The number of anilines is 1. The summed E-state index contributed by atoms with van der Waals surface area (Å²) in [5.74, 6) is 1.64. The van der Waals surface area contributed by atoms with Gasteiger partial charge in [-0.15, -0.1) is 5.10 Å². The van der Waals surface area contributed by atoms with Crippen molar-refractivity contribution in [2.75, 3.05) is 57.3 Å². The number of hydrogen-bond donors (Lipinski definition) is 2. The van der Waals surface area contributed by atoms with Gasteiger partial charge in [0.15, 0.2) is 0 Å². The molecule has 0 unspecified atom stereocenters. The van der Waals surface area contributed by atoms with Gasteiger partial charge in [0.25, 0.3) is 0 Å². The molecule has 2 fully saturated rings. The Hall–Kier alpha value is -1.83. The second-order valence-electron chi connectivity index (χ2n) is 5.27. The molecule has 2 amide bonds. The molecule has 20 heavy (non-hydrogen) atoms. The molecular formula is C12H21N7O. The van der Waals surface area contributed by atoms with Crippen molar-refractivity contribution in [3.05, 3.63) is 5.82 Å². The third-order valence-corrected chi connectivity index (χ3v) is 3.87. The van der Waals surface area contributed by atoms with Crippen molar-refractivity contribution in [2.24, 2.45) is 0 Å². The molecule has 2 saturated heterocycles. The maximum atomic E-state index is 11.5. The fraction of sp³-hybridized carbons (Fsp3) is 0.750. The number of aromatic amines is 1. The molecule has 0 saturated carbocycles. The lowest BCUT2D eigenvalue weighted by molar-refractivity contribution is 0.197. The Bertz CT molecular complexity index is 466. The smallest absolute Gasteiger partial charge is 0.317 e. The van der Waals surface area contributed by atoms with Gasteiger partial charge in [0.05, 0.1) is 0 Å². The Morgan fingerprint density at radius 1 is 1.15 bits per heavy atom. The van der Waals surface area contributed by atoms with E-state index in [4.69, 9.17) is 0 Å². The standard InChI is InChI=1S/C12H21N7O/c1-10-14-11(16-15-10)18-7-4-17(5-8-18)6-9-19-3-2-13-12(19)20/h2-9H2,1H3,(H,13,20)(H,14,15,16). The van der Waals surface area contributed by atoms with Gasteiger partial charge < -0.3 is 15.1 Å². The molecule has 110 valence electrons. The zero-order valence-corrected chi connectivity index (χ0v) is 11.8. The van der Waals surface area contributed by atoms with Crippen molar-refractivity contribution in [1.82, 2.24) is 30.3 Å². The minimum absolute atomic E-state index is 0.0693. The largest absolute Gasteiger partial charge is 0.337 e. The van der Waals surface area contributed by atoms with E-state index in [9.17, 15) is 4.79 Å². The van der Waals surface area contributed by atoms with E-state index in [-0.39, 0.29) is 6.03 Å². The fourth-order valence-corrected chi connectivity index (χ4v) is 2.63. The van der Waals surface area contributed by atoms with Crippen molar-refractivity contribution in [2.45, 2.75) is 6.92 Å². The topological polar surface area (TPSA) is 80.4 Å². The van der Waals surface area contributed by atoms with Crippen LogP contribution in [0.1, 0.15) is 5.82 Å². The number of aryl methyl sites for hydroxylation is 1. The van der Waals surface area contributed by atoms with Crippen molar-refractivity contribution in [3.8, 4) is 0 Å². The molecule has 2 aliphatic rings. The van der Waals surface area contributed by atoms with E-state index in [2.05, 4.69) is 30.3 Å². The second-order valence-corrected chi connectivity index (χ2v) is 5.27. The number of nitrogens with zero attached hydrogens (tertiary/aromatic N) is 5. The lowest BCUT2D eigenvalue weighted by Gasteiger charge is -2.34. The number of urea groups is 1. The minimum atomic E-state index is 0.0693. The van der Waals surface area contributed by atoms with E-state index in [0.717, 1.165) is 64.1 Å². The minimum Gasteiger partial charge on any atom is -0.337 e. The number of carbonyl (C=O) groups is 1. The third-order valence-electron chi connectivity index (χ3n) is 3.87. The number of aromatic nitrogens is 3. The van der Waals surface area contributed by atoms with Gasteiger partial charge in [0, 0.05) is 52.4 Å². The molecule has 0 atom stereocenters. The Balaban J connectivity index is 1.43. The normalized spacial score (nSPS) is 20.6. The van der Waals surface area contributed by atoms with E-state index < -0.39 is 0 Å². The summed E-state index contributed by atoms with van der Waals surface area (Å²) in [5, 5.41) is 9.90. The summed E-state index contributed by atoms with van der Waals surface area (Å²) >= 11 is 0. The molecule has 0 aromatic carbocycles. The SMILES string of the molecule is Cc1nc(N2CCN(CCN3CCNC3=O)CC2)n[nH]1. The molecule has 3 rings (SSSR count). The Labute approximate surface area is 118 Å². The molecule has 0 aliphatic carbocycles. The Kier molecular flexibility index (Phi) is 3.72. The number of nitrogens with one attached hydrogen (secondary N) is 2. The number of rotatable bonds is 4. The van der Waals surface area contributed by atoms with Crippen LogP contribution in [0.4, 0.5) is 10.7 Å². The molecule has 8 heteroatoms.